The fraction of sp³-hybridized carbons (Fsp3) is 0.179. The Balaban J connectivity index is 1.96. The van der Waals surface area contributed by atoms with E-state index >= 15 is 0 Å². The first-order valence-electron chi connectivity index (χ1n) is 10.9. The van der Waals surface area contributed by atoms with Gasteiger partial charge in [-0.2, -0.15) is 0 Å². The number of carbonyl (C=O) groups excluding carboxylic acids is 1. The second-order valence-corrected chi connectivity index (χ2v) is 7.85. The van der Waals surface area contributed by atoms with Crippen molar-refractivity contribution in [1.29, 1.82) is 0 Å². The second kappa shape index (κ2) is 12.6. The van der Waals surface area contributed by atoms with Gasteiger partial charge in [0.1, 0.15) is 0 Å². The van der Waals surface area contributed by atoms with Crippen molar-refractivity contribution in [1.82, 2.24) is 0 Å². The number of hydrogen-bond donors (Lipinski definition) is 1. The highest BCUT2D eigenvalue weighted by Gasteiger charge is 2.15. The van der Waals surface area contributed by atoms with Crippen LogP contribution in [-0.2, 0) is 0 Å². The van der Waals surface area contributed by atoms with Gasteiger partial charge in [-0.15, -0.1) is 0 Å². The van der Waals surface area contributed by atoms with Gasteiger partial charge in [-0.25, -0.2) is 0 Å². The first-order chi connectivity index (χ1) is 17.4. The molecule has 0 aliphatic heterocycles. The van der Waals surface area contributed by atoms with Crippen LogP contribution in [-0.4, -0.2) is 41.3 Å². The van der Waals surface area contributed by atoms with Crippen LogP contribution in [0.2, 0.25) is 5.02 Å². The molecular formula is C28H28ClNO6. The fourth-order valence-electron chi connectivity index (χ4n) is 3.55. The Morgan fingerprint density at radius 2 is 1.44 bits per heavy atom. The van der Waals surface area contributed by atoms with Gasteiger partial charge in [-0.1, -0.05) is 35.9 Å². The summed E-state index contributed by atoms with van der Waals surface area (Å²) in [5.74, 6) is 2.44. The number of halogens is 1. The zero-order chi connectivity index (χ0) is 26.1. The van der Waals surface area contributed by atoms with Gasteiger partial charge in [-0.3, -0.25) is 4.79 Å². The number of benzene rings is 3. The number of ether oxygens (including phenoxy) is 5. The summed E-state index contributed by atoms with van der Waals surface area (Å²) >= 11 is 6.00. The molecule has 0 radical (unpaired) electrons. The average Bonchev–Trinajstić information content (AvgIpc) is 2.90. The van der Waals surface area contributed by atoms with Crippen LogP contribution in [0.4, 0.5) is 5.69 Å². The third-order valence-electron chi connectivity index (χ3n) is 5.29. The Morgan fingerprint density at radius 1 is 0.778 bits per heavy atom. The van der Waals surface area contributed by atoms with Gasteiger partial charge in [0, 0.05) is 28.4 Å². The number of hydrogen-bond acceptors (Lipinski definition) is 7. The number of nitrogens with one attached hydrogen (secondary N) is 1. The molecule has 0 bridgehead atoms. The summed E-state index contributed by atoms with van der Waals surface area (Å²) in [6, 6.07) is 14.1. The Hall–Kier alpha value is -4.10. The van der Waals surface area contributed by atoms with Gasteiger partial charge in [-0.05, 0) is 42.0 Å². The lowest BCUT2D eigenvalue weighted by molar-refractivity contribution is 0.104. The summed E-state index contributed by atoms with van der Waals surface area (Å²) in [5.41, 5.74) is 2.73. The number of anilines is 1. The van der Waals surface area contributed by atoms with E-state index in [1.807, 2.05) is 30.4 Å². The predicted molar refractivity (Wildman–Crippen MR) is 143 cm³/mol. The highest BCUT2D eigenvalue weighted by molar-refractivity contribution is 6.31. The van der Waals surface area contributed by atoms with E-state index in [4.69, 9.17) is 35.3 Å². The van der Waals surface area contributed by atoms with E-state index in [-0.39, 0.29) is 5.78 Å². The smallest absolute Gasteiger partial charge is 0.203 e. The summed E-state index contributed by atoms with van der Waals surface area (Å²) in [6.45, 7) is 0. The molecule has 3 rings (SSSR count). The molecular weight excluding hydrogens is 482 g/mol. The lowest BCUT2D eigenvalue weighted by Gasteiger charge is -2.15. The normalized spacial score (nSPS) is 10.9. The quantitative estimate of drug-likeness (QED) is 0.183. The number of rotatable bonds is 11. The maximum absolute atomic E-state index is 12.5. The summed E-state index contributed by atoms with van der Waals surface area (Å²) in [7, 11) is 7.81. The van der Waals surface area contributed by atoms with E-state index in [1.165, 1.54) is 6.08 Å². The Labute approximate surface area is 215 Å². The lowest BCUT2D eigenvalue weighted by Crippen LogP contribution is -2.00. The molecule has 8 heteroatoms. The van der Waals surface area contributed by atoms with Crippen molar-refractivity contribution in [3.63, 3.8) is 0 Å². The average molecular weight is 510 g/mol. The zero-order valence-corrected chi connectivity index (χ0v) is 21.5. The van der Waals surface area contributed by atoms with Crippen molar-refractivity contribution in [3.8, 4) is 28.7 Å². The molecule has 0 aliphatic carbocycles. The van der Waals surface area contributed by atoms with Gasteiger partial charge in [0.25, 0.3) is 0 Å². The van der Waals surface area contributed by atoms with E-state index in [2.05, 4.69) is 5.32 Å². The van der Waals surface area contributed by atoms with Crippen LogP contribution in [0.1, 0.15) is 21.5 Å². The minimum absolute atomic E-state index is 0.193. The molecule has 0 saturated heterocycles. The standard InChI is InChI=1S/C28H28ClNO6/c1-32-23-12-11-19(10-9-18-15-24(33-2)27(35-4)25(16-18)34-3)26(28(23)36-5)30-14-13-22(31)20-7-6-8-21(29)17-20/h6-17,30H,1-5H3/b10-9-,14-13-. The van der Waals surface area contributed by atoms with Crippen molar-refractivity contribution in [3.05, 3.63) is 82.5 Å². The summed E-state index contributed by atoms with van der Waals surface area (Å²) < 4.78 is 27.3. The monoisotopic (exact) mass is 509 g/mol. The predicted octanol–water partition coefficient (Wildman–Crippen LogP) is 6.36. The van der Waals surface area contributed by atoms with E-state index in [0.717, 1.165) is 11.1 Å². The molecule has 36 heavy (non-hydrogen) atoms. The van der Waals surface area contributed by atoms with Gasteiger partial charge in [0.05, 0.1) is 41.2 Å². The maximum Gasteiger partial charge on any atom is 0.203 e. The minimum atomic E-state index is -0.193. The first kappa shape index (κ1) is 26.5. The highest BCUT2D eigenvalue weighted by Crippen LogP contribution is 2.40. The van der Waals surface area contributed by atoms with Gasteiger partial charge in [0.2, 0.25) is 5.75 Å². The molecule has 0 saturated carbocycles. The number of allylic oxidation sites excluding steroid dienone is 1. The van der Waals surface area contributed by atoms with Gasteiger partial charge >= 0.3 is 0 Å². The zero-order valence-electron chi connectivity index (χ0n) is 20.8. The number of carbonyl (C=O) groups is 1. The number of ketones is 1. The molecule has 0 amide bonds. The summed E-state index contributed by atoms with van der Waals surface area (Å²) in [5, 5.41) is 3.66. The van der Waals surface area contributed by atoms with Crippen molar-refractivity contribution >= 4 is 35.2 Å². The van der Waals surface area contributed by atoms with Gasteiger partial charge < -0.3 is 29.0 Å². The van der Waals surface area contributed by atoms with Gasteiger partial charge in [0.15, 0.2) is 28.8 Å². The van der Waals surface area contributed by atoms with Crippen LogP contribution in [0.25, 0.3) is 12.2 Å². The van der Waals surface area contributed by atoms with E-state index < -0.39 is 0 Å². The van der Waals surface area contributed by atoms with Crippen LogP contribution in [0.15, 0.2) is 60.8 Å². The molecule has 0 heterocycles. The molecule has 1 N–H and O–H groups in total. The van der Waals surface area contributed by atoms with E-state index in [1.54, 1.807) is 72.1 Å². The molecule has 7 nitrogen and oxygen atoms in total. The molecule has 0 aliphatic rings. The first-order valence-corrected chi connectivity index (χ1v) is 11.3. The van der Waals surface area contributed by atoms with Crippen LogP contribution < -0.4 is 29.0 Å². The number of methoxy groups -OCH3 is 5. The third kappa shape index (κ3) is 6.12. The fourth-order valence-corrected chi connectivity index (χ4v) is 3.74. The molecule has 0 unspecified atom stereocenters. The molecule has 0 spiro atoms. The Kier molecular flexibility index (Phi) is 9.25. The summed E-state index contributed by atoms with van der Waals surface area (Å²) in [6.07, 6.45) is 6.78. The maximum atomic E-state index is 12.5. The minimum Gasteiger partial charge on any atom is -0.493 e. The SMILES string of the molecule is COc1cc(/C=C\c2ccc(OC)c(OC)c2N/C=C\C(=O)c2cccc(Cl)c2)cc(OC)c1OC. The Morgan fingerprint density at radius 3 is 2.03 bits per heavy atom. The van der Waals surface area contributed by atoms with Crippen LogP contribution in [0.3, 0.4) is 0 Å². The van der Waals surface area contributed by atoms with Crippen molar-refractivity contribution in [2.75, 3.05) is 40.9 Å². The van der Waals surface area contributed by atoms with Crippen molar-refractivity contribution in [2.45, 2.75) is 0 Å². The van der Waals surface area contributed by atoms with Crippen LogP contribution in [0.5, 0.6) is 28.7 Å². The highest BCUT2D eigenvalue weighted by atomic mass is 35.5. The molecule has 3 aromatic carbocycles. The Bertz CT molecular complexity index is 1260. The van der Waals surface area contributed by atoms with Crippen molar-refractivity contribution < 1.29 is 28.5 Å². The summed E-state index contributed by atoms with van der Waals surface area (Å²) in [4.78, 5) is 12.5. The lowest BCUT2D eigenvalue weighted by atomic mass is 10.1. The second-order valence-electron chi connectivity index (χ2n) is 7.41. The molecule has 0 atom stereocenters. The molecule has 188 valence electrons. The molecule has 3 aromatic rings. The van der Waals surface area contributed by atoms with E-state index in [0.29, 0.717) is 45.0 Å². The van der Waals surface area contributed by atoms with E-state index in [9.17, 15) is 4.79 Å². The molecule has 0 fully saturated rings. The van der Waals surface area contributed by atoms with Crippen LogP contribution in [0, 0.1) is 0 Å². The topological polar surface area (TPSA) is 75.2 Å². The third-order valence-corrected chi connectivity index (χ3v) is 5.53. The van der Waals surface area contributed by atoms with Crippen molar-refractivity contribution in [2.24, 2.45) is 0 Å². The largest absolute Gasteiger partial charge is 0.493 e. The van der Waals surface area contributed by atoms with Crippen LogP contribution >= 0.6 is 11.6 Å². The molecule has 0 aromatic heterocycles.